The summed E-state index contributed by atoms with van der Waals surface area (Å²) in [6, 6.07) is 7.42. The maximum atomic E-state index is 11.2. The Morgan fingerprint density at radius 1 is 1.42 bits per heavy atom. The first-order valence-corrected chi connectivity index (χ1v) is 6.52. The van der Waals surface area contributed by atoms with Crippen LogP contribution in [0.2, 0.25) is 5.02 Å². The van der Waals surface area contributed by atoms with Crippen molar-refractivity contribution in [3.8, 4) is 0 Å². The van der Waals surface area contributed by atoms with Crippen LogP contribution in [-0.4, -0.2) is 24.1 Å². The van der Waals surface area contributed by atoms with E-state index in [1.807, 2.05) is 24.3 Å². The molecule has 0 fully saturated rings. The van der Waals surface area contributed by atoms with E-state index in [1.54, 1.807) is 13.1 Å². The predicted octanol–water partition coefficient (Wildman–Crippen LogP) is 3.25. The van der Waals surface area contributed by atoms with Gasteiger partial charge in [0.25, 0.3) is 0 Å². The highest BCUT2D eigenvalue weighted by atomic mass is 35.5. The molecule has 0 radical (unpaired) electrons. The fraction of sp³-hybridized carbons (Fsp3) is 0.286. The lowest BCUT2D eigenvalue weighted by Crippen LogP contribution is -2.11. The largest absolute Gasteiger partial charge is 0.466 e. The van der Waals surface area contributed by atoms with Gasteiger partial charge in [-0.1, -0.05) is 11.6 Å². The van der Waals surface area contributed by atoms with Crippen LogP contribution < -0.4 is 5.32 Å². The molecule has 0 bridgehead atoms. The third-order valence-corrected chi connectivity index (χ3v) is 2.89. The minimum absolute atomic E-state index is 0.198. The van der Waals surface area contributed by atoms with Crippen molar-refractivity contribution in [3.63, 3.8) is 0 Å². The van der Waals surface area contributed by atoms with Crippen molar-refractivity contribution in [3.05, 3.63) is 35.5 Å². The minimum Gasteiger partial charge on any atom is -0.466 e. The van der Waals surface area contributed by atoms with Gasteiger partial charge in [-0.2, -0.15) is 0 Å². The van der Waals surface area contributed by atoms with Crippen molar-refractivity contribution in [1.82, 2.24) is 4.98 Å². The van der Waals surface area contributed by atoms with E-state index < -0.39 is 0 Å². The monoisotopic (exact) mass is 278 g/mol. The van der Waals surface area contributed by atoms with Gasteiger partial charge in [-0.3, -0.25) is 9.78 Å². The van der Waals surface area contributed by atoms with E-state index in [4.69, 9.17) is 16.3 Å². The number of fused-ring (bicyclic) bond motifs is 1. The Labute approximate surface area is 116 Å². The SMILES string of the molecule is CCOC(=O)CCNc1ccnc2cc(Cl)ccc12. The van der Waals surface area contributed by atoms with E-state index in [-0.39, 0.29) is 5.97 Å². The first-order valence-electron chi connectivity index (χ1n) is 6.14. The lowest BCUT2D eigenvalue weighted by Gasteiger charge is -2.09. The number of rotatable bonds is 5. The predicted molar refractivity (Wildman–Crippen MR) is 76.5 cm³/mol. The summed E-state index contributed by atoms with van der Waals surface area (Å²) in [6.45, 7) is 2.74. The molecule has 0 saturated carbocycles. The zero-order valence-electron chi connectivity index (χ0n) is 10.6. The van der Waals surface area contributed by atoms with E-state index in [2.05, 4.69) is 10.3 Å². The van der Waals surface area contributed by atoms with Crippen molar-refractivity contribution in [2.24, 2.45) is 0 Å². The van der Waals surface area contributed by atoms with Gasteiger partial charge in [-0.05, 0) is 31.2 Å². The van der Waals surface area contributed by atoms with Gasteiger partial charge >= 0.3 is 5.97 Å². The fourth-order valence-electron chi connectivity index (χ4n) is 1.81. The Balaban J connectivity index is 2.06. The second-order valence-electron chi connectivity index (χ2n) is 4.00. The van der Waals surface area contributed by atoms with Crippen LogP contribution in [0.3, 0.4) is 0 Å². The van der Waals surface area contributed by atoms with E-state index in [0.29, 0.717) is 24.6 Å². The van der Waals surface area contributed by atoms with Gasteiger partial charge in [0.05, 0.1) is 18.5 Å². The van der Waals surface area contributed by atoms with Gasteiger partial charge in [0, 0.05) is 28.8 Å². The Bertz CT molecular complexity index is 587. The zero-order valence-corrected chi connectivity index (χ0v) is 11.4. The Hall–Kier alpha value is -1.81. The number of carbonyl (C=O) groups excluding carboxylic acids is 1. The smallest absolute Gasteiger partial charge is 0.307 e. The number of hydrogen-bond donors (Lipinski definition) is 1. The molecule has 0 amide bonds. The average molecular weight is 279 g/mol. The molecule has 4 nitrogen and oxygen atoms in total. The van der Waals surface area contributed by atoms with Gasteiger partial charge in [0.1, 0.15) is 0 Å². The summed E-state index contributed by atoms with van der Waals surface area (Å²) < 4.78 is 4.87. The summed E-state index contributed by atoms with van der Waals surface area (Å²) in [5, 5.41) is 4.85. The molecule has 1 N–H and O–H groups in total. The third-order valence-electron chi connectivity index (χ3n) is 2.65. The molecular formula is C14H15ClN2O2. The molecule has 0 aliphatic rings. The normalized spacial score (nSPS) is 10.4. The number of nitrogens with zero attached hydrogens (tertiary/aromatic N) is 1. The van der Waals surface area contributed by atoms with Crippen molar-refractivity contribution in [2.45, 2.75) is 13.3 Å². The van der Waals surface area contributed by atoms with Crippen LogP contribution in [0.25, 0.3) is 10.9 Å². The molecule has 1 aromatic carbocycles. The van der Waals surface area contributed by atoms with E-state index >= 15 is 0 Å². The molecule has 19 heavy (non-hydrogen) atoms. The number of hydrogen-bond acceptors (Lipinski definition) is 4. The van der Waals surface area contributed by atoms with Crippen LogP contribution in [0.4, 0.5) is 5.69 Å². The second-order valence-corrected chi connectivity index (χ2v) is 4.44. The molecular weight excluding hydrogens is 264 g/mol. The first kappa shape index (κ1) is 13.6. The van der Waals surface area contributed by atoms with Crippen LogP contribution >= 0.6 is 11.6 Å². The summed E-state index contributed by atoms with van der Waals surface area (Å²) in [5.74, 6) is -0.198. The van der Waals surface area contributed by atoms with Gasteiger partial charge < -0.3 is 10.1 Å². The Morgan fingerprint density at radius 2 is 2.26 bits per heavy atom. The molecule has 0 spiro atoms. The quantitative estimate of drug-likeness (QED) is 0.853. The number of pyridine rings is 1. The summed E-state index contributed by atoms with van der Waals surface area (Å²) in [4.78, 5) is 15.5. The number of nitrogens with one attached hydrogen (secondary N) is 1. The van der Waals surface area contributed by atoms with Crippen LogP contribution in [-0.2, 0) is 9.53 Å². The van der Waals surface area contributed by atoms with E-state index in [9.17, 15) is 4.79 Å². The lowest BCUT2D eigenvalue weighted by molar-refractivity contribution is -0.142. The van der Waals surface area contributed by atoms with Crippen LogP contribution in [0.1, 0.15) is 13.3 Å². The first-order chi connectivity index (χ1) is 9.20. The molecule has 2 rings (SSSR count). The van der Waals surface area contributed by atoms with Gasteiger partial charge in [0.15, 0.2) is 0 Å². The summed E-state index contributed by atoms with van der Waals surface area (Å²) in [6.07, 6.45) is 2.05. The number of esters is 1. The highest BCUT2D eigenvalue weighted by Crippen LogP contribution is 2.24. The van der Waals surface area contributed by atoms with Gasteiger partial charge in [-0.25, -0.2) is 0 Å². The minimum atomic E-state index is -0.198. The van der Waals surface area contributed by atoms with Crippen molar-refractivity contribution < 1.29 is 9.53 Å². The molecule has 0 aliphatic heterocycles. The van der Waals surface area contributed by atoms with Crippen LogP contribution in [0, 0.1) is 0 Å². The molecule has 100 valence electrons. The van der Waals surface area contributed by atoms with Crippen LogP contribution in [0.15, 0.2) is 30.5 Å². The Kier molecular flexibility index (Phi) is 4.58. The number of aromatic nitrogens is 1. The number of carbonyl (C=O) groups is 1. The molecule has 5 heteroatoms. The lowest BCUT2D eigenvalue weighted by atomic mass is 10.2. The maximum Gasteiger partial charge on any atom is 0.307 e. The van der Waals surface area contributed by atoms with Crippen LogP contribution in [0.5, 0.6) is 0 Å². The molecule has 0 atom stereocenters. The topological polar surface area (TPSA) is 51.2 Å². The fourth-order valence-corrected chi connectivity index (χ4v) is 1.97. The molecule has 1 heterocycles. The number of anilines is 1. The summed E-state index contributed by atoms with van der Waals surface area (Å²) >= 11 is 5.93. The molecule has 2 aromatic rings. The van der Waals surface area contributed by atoms with Gasteiger partial charge in [-0.15, -0.1) is 0 Å². The number of halogens is 1. The zero-order chi connectivity index (χ0) is 13.7. The average Bonchev–Trinajstić information content (AvgIpc) is 2.39. The third kappa shape index (κ3) is 3.58. The number of benzene rings is 1. The van der Waals surface area contributed by atoms with Crippen molar-refractivity contribution >= 4 is 34.2 Å². The molecule has 0 aliphatic carbocycles. The van der Waals surface area contributed by atoms with Crippen molar-refractivity contribution in [1.29, 1.82) is 0 Å². The standard InChI is InChI=1S/C14H15ClN2O2/c1-2-19-14(18)6-8-16-12-5-7-17-13-9-10(15)3-4-11(12)13/h3-5,7,9H,2,6,8H2,1H3,(H,16,17). The molecule has 0 saturated heterocycles. The Morgan fingerprint density at radius 3 is 3.05 bits per heavy atom. The summed E-state index contributed by atoms with van der Waals surface area (Å²) in [5.41, 5.74) is 1.76. The summed E-state index contributed by atoms with van der Waals surface area (Å²) in [7, 11) is 0. The van der Waals surface area contributed by atoms with E-state index in [1.165, 1.54) is 0 Å². The maximum absolute atomic E-state index is 11.2. The highest BCUT2D eigenvalue weighted by molar-refractivity contribution is 6.31. The second kappa shape index (κ2) is 6.38. The number of ether oxygens (including phenoxy) is 1. The molecule has 1 aromatic heterocycles. The molecule has 0 unspecified atom stereocenters. The van der Waals surface area contributed by atoms with Crippen molar-refractivity contribution in [2.75, 3.05) is 18.5 Å². The van der Waals surface area contributed by atoms with E-state index in [0.717, 1.165) is 16.6 Å². The highest BCUT2D eigenvalue weighted by Gasteiger charge is 2.04. The van der Waals surface area contributed by atoms with Gasteiger partial charge in [0.2, 0.25) is 0 Å².